The molecule has 2 heteroatoms. The van der Waals surface area contributed by atoms with Gasteiger partial charge in [0.2, 0.25) is 0 Å². The van der Waals surface area contributed by atoms with Crippen LogP contribution >= 0.6 is 0 Å². The van der Waals surface area contributed by atoms with E-state index in [1.165, 1.54) is 51.4 Å². The van der Waals surface area contributed by atoms with E-state index in [1.54, 1.807) is 0 Å². The minimum atomic E-state index is 0.870. The minimum absolute atomic E-state index is 0.870. The zero-order valence-corrected chi connectivity index (χ0v) is 9.39. The average molecular weight is 189 g/mol. The second kappa shape index (κ2) is 17.9. The summed E-state index contributed by atoms with van der Waals surface area (Å²) in [6, 6.07) is 0. The van der Waals surface area contributed by atoms with Crippen LogP contribution in [0.5, 0.6) is 0 Å². The van der Waals surface area contributed by atoms with E-state index in [0.717, 1.165) is 13.7 Å². The van der Waals surface area contributed by atoms with E-state index in [4.69, 9.17) is 10.8 Å². The molecule has 0 aliphatic heterocycles. The highest BCUT2D eigenvalue weighted by molar-refractivity contribution is 4.45. The molecule has 0 atom stereocenters. The molecule has 0 spiro atoms. The topological polar surface area (TPSA) is 46.2 Å². The van der Waals surface area contributed by atoms with Gasteiger partial charge in [-0.3, -0.25) is 0 Å². The molecule has 3 N–H and O–H groups in total. The first kappa shape index (κ1) is 15.4. The number of aliphatic hydroxyl groups excluding tert-OH is 1. The monoisotopic (exact) mass is 189 g/mol. The molecular formula is C11H27NO. The molecule has 0 amide bonds. The summed E-state index contributed by atoms with van der Waals surface area (Å²) in [6.45, 7) is 3.13. The second-order valence-electron chi connectivity index (χ2n) is 3.26. The van der Waals surface area contributed by atoms with Crippen molar-refractivity contribution in [3.63, 3.8) is 0 Å². The average Bonchev–Trinajstić information content (AvgIpc) is 2.20. The van der Waals surface area contributed by atoms with Crippen molar-refractivity contribution in [2.75, 3.05) is 13.7 Å². The van der Waals surface area contributed by atoms with Gasteiger partial charge in [-0.25, -0.2) is 0 Å². The van der Waals surface area contributed by atoms with E-state index in [0.29, 0.717) is 0 Å². The van der Waals surface area contributed by atoms with Crippen LogP contribution in [0.4, 0.5) is 0 Å². The Bertz CT molecular complexity index is 59.1. The van der Waals surface area contributed by atoms with Crippen LogP contribution in [0.3, 0.4) is 0 Å². The van der Waals surface area contributed by atoms with Crippen molar-refractivity contribution >= 4 is 0 Å². The summed E-state index contributed by atoms with van der Waals surface area (Å²) in [5, 5.41) is 7.00. The molecule has 0 bridgehead atoms. The smallest absolute Gasteiger partial charge is 0.0319 e. The number of rotatable bonds is 8. The number of unbranched alkanes of at least 4 members (excludes halogenated alkanes) is 7. The molecule has 0 heterocycles. The predicted molar refractivity (Wildman–Crippen MR) is 59.8 cm³/mol. The first-order valence-corrected chi connectivity index (χ1v) is 5.56. The summed E-state index contributed by atoms with van der Waals surface area (Å²) in [4.78, 5) is 0. The molecule has 0 aliphatic rings. The summed E-state index contributed by atoms with van der Waals surface area (Å²) in [5.41, 5.74) is 5.39. The van der Waals surface area contributed by atoms with E-state index in [1.807, 2.05) is 0 Å². The van der Waals surface area contributed by atoms with Crippen molar-refractivity contribution in [1.82, 2.24) is 0 Å². The van der Waals surface area contributed by atoms with E-state index >= 15 is 0 Å². The molecular weight excluding hydrogens is 162 g/mol. The van der Waals surface area contributed by atoms with Gasteiger partial charge in [0.1, 0.15) is 0 Å². The Morgan fingerprint density at radius 1 is 0.769 bits per heavy atom. The summed E-state index contributed by atoms with van der Waals surface area (Å²) >= 11 is 0. The van der Waals surface area contributed by atoms with E-state index in [9.17, 15) is 0 Å². The molecule has 0 aromatic carbocycles. The first-order chi connectivity index (χ1) is 6.41. The van der Waals surface area contributed by atoms with E-state index in [2.05, 4.69) is 6.92 Å². The Labute approximate surface area is 83.5 Å². The highest BCUT2D eigenvalue weighted by atomic mass is 16.2. The van der Waals surface area contributed by atoms with Gasteiger partial charge < -0.3 is 10.8 Å². The number of hydrogen-bond donors (Lipinski definition) is 2. The van der Waals surface area contributed by atoms with Gasteiger partial charge in [-0.15, -0.1) is 0 Å². The van der Waals surface area contributed by atoms with Crippen LogP contribution in [0, 0.1) is 0 Å². The van der Waals surface area contributed by atoms with Crippen molar-refractivity contribution in [2.45, 2.75) is 58.3 Å². The number of hydrogen-bond acceptors (Lipinski definition) is 2. The lowest BCUT2D eigenvalue weighted by molar-refractivity contribution is 0.399. The molecule has 0 saturated carbocycles. The summed E-state index contributed by atoms with van der Waals surface area (Å²) in [7, 11) is 1.00. The molecule has 82 valence electrons. The standard InChI is InChI=1S/C10H23N.CH4O/c1-2-3-4-5-6-7-8-9-10-11;1-2/h2-11H2,1H3;2H,1H3. The predicted octanol–water partition coefficient (Wildman–Crippen LogP) is 2.69. The molecule has 0 saturated heterocycles. The molecule has 0 radical (unpaired) electrons. The van der Waals surface area contributed by atoms with E-state index in [-0.39, 0.29) is 0 Å². The van der Waals surface area contributed by atoms with Crippen LogP contribution in [0.1, 0.15) is 58.3 Å². The van der Waals surface area contributed by atoms with Crippen LogP contribution in [-0.4, -0.2) is 18.8 Å². The van der Waals surface area contributed by atoms with Crippen molar-refractivity contribution < 1.29 is 5.11 Å². The third-order valence-corrected chi connectivity index (χ3v) is 2.06. The molecule has 0 aliphatic carbocycles. The Balaban J connectivity index is 0. The van der Waals surface area contributed by atoms with Crippen molar-refractivity contribution in [3.05, 3.63) is 0 Å². The van der Waals surface area contributed by atoms with Gasteiger partial charge in [-0.05, 0) is 13.0 Å². The van der Waals surface area contributed by atoms with E-state index < -0.39 is 0 Å². The van der Waals surface area contributed by atoms with Crippen molar-refractivity contribution in [3.8, 4) is 0 Å². The molecule has 0 aromatic heterocycles. The van der Waals surface area contributed by atoms with Gasteiger partial charge in [0.05, 0.1) is 0 Å². The summed E-state index contributed by atoms with van der Waals surface area (Å²) in [5.74, 6) is 0. The summed E-state index contributed by atoms with van der Waals surface area (Å²) in [6.07, 6.45) is 11.0. The van der Waals surface area contributed by atoms with Gasteiger partial charge >= 0.3 is 0 Å². The molecule has 0 unspecified atom stereocenters. The second-order valence-corrected chi connectivity index (χ2v) is 3.26. The molecule has 0 fully saturated rings. The van der Waals surface area contributed by atoms with Gasteiger partial charge in [0.25, 0.3) is 0 Å². The quantitative estimate of drug-likeness (QED) is 0.577. The summed E-state index contributed by atoms with van der Waals surface area (Å²) < 4.78 is 0. The normalized spacial score (nSPS) is 9.23. The fourth-order valence-electron chi connectivity index (χ4n) is 1.28. The lowest BCUT2D eigenvalue weighted by Crippen LogP contribution is -1.97. The Morgan fingerprint density at radius 2 is 1.15 bits per heavy atom. The highest BCUT2D eigenvalue weighted by Gasteiger charge is 1.89. The van der Waals surface area contributed by atoms with Crippen molar-refractivity contribution in [2.24, 2.45) is 5.73 Å². The fraction of sp³-hybridized carbons (Fsp3) is 1.00. The minimum Gasteiger partial charge on any atom is -0.400 e. The molecule has 2 nitrogen and oxygen atoms in total. The lowest BCUT2D eigenvalue weighted by Gasteiger charge is -1.99. The maximum Gasteiger partial charge on any atom is 0.0319 e. The van der Waals surface area contributed by atoms with Gasteiger partial charge in [-0.2, -0.15) is 0 Å². The Kier molecular flexibility index (Phi) is 21.2. The van der Waals surface area contributed by atoms with Crippen LogP contribution < -0.4 is 5.73 Å². The highest BCUT2D eigenvalue weighted by Crippen LogP contribution is 2.07. The van der Waals surface area contributed by atoms with Crippen LogP contribution in [0.2, 0.25) is 0 Å². The number of nitrogens with two attached hydrogens (primary N) is 1. The maximum absolute atomic E-state index is 7.00. The zero-order valence-electron chi connectivity index (χ0n) is 9.39. The zero-order chi connectivity index (χ0) is 10.4. The number of aliphatic hydroxyl groups is 1. The Morgan fingerprint density at radius 3 is 1.54 bits per heavy atom. The third-order valence-electron chi connectivity index (χ3n) is 2.06. The van der Waals surface area contributed by atoms with Crippen LogP contribution in [-0.2, 0) is 0 Å². The Hall–Kier alpha value is -0.0800. The molecule has 13 heavy (non-hydrogen) atoms. The SMILES string of the molecule is CCCCCCCCCCN.CO. The lowest BCUT2D eigenvalue weighted by atomic mass is 10.1. The maximum atomic E-state index is 7.00. The van der Waals surface area contributed by atoms with Gasteiger partial charge in [0, 0.05) is 7.11 Å². The van der Waals surface area contributed by atoms with Crippen LogP contribution in [0.15, 0.2) is 0 Å². The van der Waals surface area contributed by atoms with Gasteiger partial charge in [-0.1, -0.05) is 51.9 Å². The van der Waals surface area contributed by atoms with Crippen LogP contribution in [0.25, 0.3) is 0 Å². The fourth-order valence-corrected chi connectivity index (χ4v) is 1.28. The molecule has 0 rings (SSSR count). The molecule has 0 aromatic rings. The largest absolute Gasteiger partial charge is 0.400 e. The third kappa shape index (κ3) is 18.7. The van der Waals surface area contributed by atoms with Gasteiger partial charge in [0.15, 0.2) is 0 Å². The first-order valence-electron chi connectivity index (χ1n) is 5.56. The van der Waals surface area contributed by atoms with Crippen molar-refractivity contribution in [1.29, 1.82) is 0 Å².